The molecule has 2 aromatic rings. The number of likely N-dealkylation sites (tertiary alicyclic amines) is 1. The van der Waals surface area contributed by atoms with Gasteiger partial charge in [-0.05, 0) is 87.5 Å². The molecule has 5 heteroatoms. The maximum atomic E-state index is 13.0. The standard InChI is InChI=1S/C22H24FNO2S/c23-18-4-1-15(2-5-18)21(25)17-8-12-24(13-9-17)11-7-16-3-6-20-19(22(16)26)10-14-27-20/h1-2,4-5,10,14,16-17H,3,6-9,11-13H2. The van der Waals surface area contributed by atoms with E-state index in [4.69, 9.17) is 0 Å². The molecule has 1 aromatic carbocycles. The number of thiophene rings is 1. The van der Waals surface area contributed by atoms with Crippen molar-refractivity contribution in [3.05, 3.63) is 57.5 Å². The average Bonchev–Trinajstić information content (AvgIpc) is 3.18. The van der Waals surface area contributed by atoms with Crippen LogP contribution in [-0.4, -0.2) is 36.1 Å². The largest absolute Gasteiger partial charge is 0.303 e. The molecule has 2 aliphatic rings. The van der Waals surface area contributed by atoms with E-state index in [1.54, 1.807) is 23.5 Å². The minimum absolute atomic E-state index is 0.0244. The van der Waals surface area contributed by atoms with E-state index >= 15 is 0 Å². The second-order valence-electron chi connectivity index (χ2n) is 7.63. The number of halogens is 1. The van der Waals surface area contributed by atoms with Crippen LogP contribution in [0.25, 0.3) is 0 Å². The summed E-state index contributed by atoms with van der Waals surface area (Å²) in [6, 6.07) is 7.83. The molecule has 27 heavy (non-hydrogen) atoms. The Bertz CT molecular complexity index is 821. The van der Waals surface area contributed by atoms with Crippen molar-refractivity contribution in [1.29, 1.82) is 0 Å². The Morgan fingerprint density at radius 2 is 1.85 bits per heavy atom. The molecule has 1 aromatic heterocycles. The van der Waals surface area contributed by atoms with Crippen LogP contribution < -0.4 is 0 Å². The van der Waals surface area contributed by atoms with Gasteiger partial charge >= 0.3 is 0 Å². The number of fused-ring (bicyclic) bond motifs is 1. The molecular formula is C22H24FNO2S. The molecule has 0 amide bonds. The van der Waals surface area contributed by atoms with E-state index in [-0.39, 0.29) is 23.4 Å². The van der Waals surface area contributed by atoms with Crippen molar-refractivity contribution < 1.29 is 14.0 Å². The molecule has 1 unspecified atom stereocenters. The molecule has 2 heterocycles. The van der Waals surface area contributed by atoms with Crippen LogP contribution in [0.5, 0.6) is 0 Å². The minimum Gasteiger partial charge on any atom is -0.303 e. The van der Waals surface area contributed by atoms with E-state index in [0.717, 1.165) is 57.3 Å². The van der Waals surface area contributed by atoms with Crippen molar-refractivity contribution in [1.82, 2.24) is 4.90 Å². The number of Topliss-reactive ketones (excluding diaryl/α,β-unsaturated/α-hetero) is 2. The van der Waals surface area contributed by atoms with Crippen LogP contribution in [0.2, 0.25) is 0 Å². The summed E-state index contributed by atoms with van der Waals surface area (Å²) in [4.78, 5) is 28.8. The molecule has 1 fully saturated rings. The summed E-state index contributed by atoms with van der Waals surface area (Å²) in [5.41, 5.74) is 1.55. The average molecular weight is 386 g/mol. The first kappa shape index (κ1) is 18.5. The highest BCUT2D eigenvalue weighted by molar-refractivity contribution is 7.10. The zero-order valence-electron chi connectivity index (χ0n) is 15.3. The number of carbonyl (C=O) groups excluding carboxylic acids is 2. The molecule has 0 bridgehead atoms. The third-order valence-electron chi connectivity index (χ3n) is 5.98. The van der Waals surface area contributed by atoms with Gasteiger partial charge < -0.3 is 4.90 Å². The van der Waals surface area contributed by atoms with Crippen LogP contribution in [0, 0.1) is 17.7 Å². The monoisotopic (exact) mass is 385 g/mol. The van der Waals surface area contributed by atoms with Gasteiger partial charge in [-0.25, -0.2) is 4.39 Å². The van der Waals surface area contributed by atoms with E-state index < -0.39 is 0 Å². The fraction of sp³-hybridized carbons (Fsp3) is 0.455. The van der Waals surface area contributed by atoms with E-state index in [0.29, 0.717) is 11.3 Å². The van der Waals surface area contributed by atoms with Gasteiger partial charge in [0.2, 0.25) is 0 Å². The molecular weight excluding hydrogens is 361 g/mol. The number of carbonyl (C=O) groups is 2. The van der Waals surface area contributed by atoms with Crippen LogP contribution in [0.3, 0.4) is 0 Å². The SMILES string of the molecule is O=C(c1ccc(F)cc1)C1CCN(CCC2CCc3sccc3C2=O)CC1. The lowest BCUT2D eigenvalue weighted by atomic mass is 9.84. The van der Waals surface area contributed by atoms with Crippen LogP contribution in [0.1, 0.15) is 51.3 Å². The molecule has 0 N–H and O–H groups in total. The molecule has 0 saturated carbocycles. The third-order valence-corrected chi connectivity index (χ3v) is 6.96. The fourth-order valence-corrected chi connectivity index (χ4v) is 5.19. The normalized spacial score (nSPS) is 21.2. The van der Waals surface area contributed by atoms with Crippen molar-refractivity contribution in [2.24, 2.45) is 11.8 Å². The van der Waals surface area contributed by atoms with Crippen molar-refractivity contribution >= 4 is 22.9 Å². The van der Waals surface area contributed by atoms with Gasteiger partial charge in [-0.15, -0.1) is 11.3 Å². The van der Waals surface area contributed by atoms with Gasteiger partial charge in [0.25, 0.3) is 0 Å². The first-order chi connectivity index (χ1) is 13.1. The van der Waals surface area contributed by atoms with E-state index in [1.165, 1.54) is 17.0 Å². The Hall–Kier alpha value is -1.85. The molecule has 3 nitrogen and oxygen atoms in total. The molecule has 1 aliphatic carbocycles. The van der Waals surface area contributed by atoms with Crippen LogP contribution in [0.15, 0.2) is 35.7 Å². The Labute approximate surface area is 163 Å². The van der Waals surface area contributed by atoms with Crippen LogP contribution >= 0.6 is 11.3 Å². The first-order valence-corrected chi connectivity index (χ1v) is 10.6. The third kappa shape index (κ3) is 4.04. The number of piperidine rings is 1. The van der Waals surface area contributed by atoms with Crippen molar-refractivity contribution in [3.8, 4) is 0 Å². The summed E-state index contributed by atoms with van der Waals surface area (Å²) in [5.74, 6) is 0.302. The minimum atomic E-state index is -0.312. The maximum absolute atomic E-state index is 13.0. The lowest BCUT2D eigenvalue weighted by molar-refractivity contribution is 0.0820. The summed E-state index contributed by atoms with van der Waals surface area (Å²) >= 11 is 1.70. The van der Waals surface area contributed by atoms with Crippen molar-refractivity contribution in [2.75, 3.05) is 19.6 Å². The summed E-state index contributed by atoms with van der Waals surface area (Å²) < 4.78 is 13.0. The Balaban J connectivity index is 1.26. The van der Waals surface area contributed by atoms with Gasteiger partial charge in [0, 0.05) is 27.8 Å². The van der Waals surface area contributed by atoms with E-state index in [1.807, 2.05) is 11.4 Å². The van der Waals surface area contributed by atoms with Gasteiger partial charge in [0.1, 0.15) is 5.82 Å². The van der Waals surface area contributed by atoms with Gasteiger partial charge in [0.05, 0.1) is 0 Å². The van der Waals surface area contributed by atoms with E-state index in [2.05, 4.69) is 4.90 Å². The van der Waals surface area contributed by atoms with E-state index in [9.17, 15) is 14.0 Å². The molecule has 0 spiro atoms. The number of rotatable bonds is 5. The predicted octanol–water partition coefficient (Wildman–Crippen LogP) is 4.62. The van der Waals surface area contributed by atoms with Crippen molar-refractivity contribution in [3.63, 3.8) is 0 Å². The van der Waals surface area contributed by atoms with Gasteiger partial charge in [-0.3, -0.25) is 9.59 Å². The predicted molar refractivity (Wildman–Crippen MR) is 105 cm³/mol. The quantitative estimate of drug-likeness (QED) is 0.705. The number of ketones is 2. The number of hydrogen-bond donors (Lipinski definition) is 0. The van der Waals surface area contributed by atoms with Gasteiger partial charge in [-0.1, -0.05) is 0 Å². The Morgan fingerprint density at radius 1 is 1.11 bits per heavy atom. The smallest absolute Gasteiger partial charge is 0.167 e. The molecule has 4 rings (SSSR count). The first-order valence-electron chi connectivity index (χ1n) is 9.74. The summed E-state index contributed by atoms with van der Waals surface area (Å²) in [7, 11) is 0. The number of nitrogens with zero attached hydrogens (tertiary/aromatic N) is 1. The van der Waals surface area contributed by atoms with Gasteiger partial charge in [0.15, 0.2) is 11.6 Å². The zero-order valence-corrected chi connectivity index (χ0v) is 16.1. The second kappa shape index (κ2) is 8.03. The highest BCUT2D eigenvalue weighted by Gasteiger charge is 2.30. The Morgan fingerprint density at radius 3 is 2.59 bits per heavy atom. The lowest BCUT2D eigenvalue weighted by Crippen LogP contribution is -2.38. The Kier molecular flexibility index (Phi) is 5.50. The van der Waals surface area contributed by atoms with Crippen LogP contribution in [0.4, 0.5) is 4.39 Å². The highest BCUT2D eigenvalue weighted by Crippen LogP contribution is 2.31. The van der Waals surface area contributed by atoms with Gasteiger partial charge in [-0.2, -0.15) is 0 Å². The fourth-order valence-electron chi connectivity index (χ4n) is 4.29. The molecule has 142 valence electrons. The molecule has 1 atom stereocenters. The number of benzene rings is 1. The lowest BCUT2D eigenvalue weighted by Gasteiger charge is -2.32. The summed E-state index contributed by atoms with van der Waals surface area (Å²) in [5, 5.41) is 2.02. The maximum Gasteiger partial charge on any atom is 0.167 e. The van der Waals surface area contributed by atoms with Crippen LogP contribution in [-0.2, 0) is 6.42 Å². The molecule has 1 aliphatic heterocycles. The number of aryl methyl sites for hydroxylation is 1. The zero-order chi connectivity index (χ0) is 18.8. The summed E-state index contributed by atoms with van der Waals surface area (Å²) in [6.07, 6.45) is 4.57. The molecule has 1 saturated heterocycles. The number of hydrogen-bond acceptors (Lipinski definition) is 4. The molecule has 0 radical (unpaired) electrons. The second-order valence-corrected chi connectivity index (χ2v) is 8.63. The topological polar surface area (TPSA) is 37.4 Å². The summed E-state index contributed by atoms with van der Waals surface area (Å²) in [6.45, 7) is 2.71. The highest BCUT2D eigenvalue weighted by atomic mass is 32.1. The van der Waals surface area contributed by atoms with Crippen molar-refractivity contribution in [2.45, 2.75) is 32.1 Å².